The summed E-state index contributed by atoms with van der Waals surface area (Å²) >= 11 is 6.06. The first-order chi connectivity index (χ1) is 13.2. The molecule has 0 saturated carbocycles. The predicted molar refractivity (Wildman–Crippen MR) is 103 cm³/mol. The maximum atomic E-state index is 13.4. The van der Waals surface area contributed by atoms with Gasteiger partial charge < -0.3 is 19.9 Å². The Balaban J connectivity index is 2.18. The maximum absolute atomic E-state index is 13.4. The molecule has 0 aliphatic carbocycles. The Morgan fingerprint density at radius 1 is 1.46 bits per heavy atom. The third kappa shape index (κ3) is 3.83. The van der Waals surface area contributed by atoms with Crippen LogP contribution in [-0.2, 0) is 12.3 Å². The SMILES string of the molecule is CC#Cc1c(CCC(C)F)c(C)c2c(NC(O)(O)c3ccco3)nc(Cl)nn12. The molecule has 3 aromatic heterocycles. The van der Waals surface area contributed by atoms with Crippen LogP contribution < -0.4 is 5.32 Å². The van der Waals surface area contributed by atoms with Gasteiger partial charge in [-0.1, -0.05) is 5.92 Å². The van der Waals surface area contributed by atoms with Crippen LogP contribution in [-0.4, -0.2) is 31.0 Å². The van der Waals surface area contributed by atoms with Crippen molar-refractivity contribution in [3.8, 4) is 11.8 Å². The summed E-state index contributed by atoms with van der Waals surface area (Å²) in [6.07, 6.45) is 1.10. The molecular formula is C19H20ClFN4O3. The van der Waals surface area contributed by atoms with E-state index in [0.29, 0.717) is 24.1 Å². The number of anilines is 1. The molecule has 0 bridgehead atoms. The summed E-state index contributed by atoms with van der Waals surface area (Å²) in [5.41, 5.74) is 2.57. The number of furan rings is 1. The largest absolute Gasteiger partial charge is 0.461 e. The smallest absolute Gasteiger partial charge is 0.308 e. The molecule has 3 rings (SSSR count). The van der Waals surface area contributed by atoms with Crippen LogP contribution >= 0.6 is 11.6 Å². The number of nitrogens with zero attached hydrogens (tertiary/aromatic N) is 3. The summed E-state index contributed by atoms with van der Waals surface area (Å²) in [6, 6.07) is 2.93. The fourth-order valence-corrected chi connectivity index (χ4v) is 3.19. The number of aliphatic hydroxyl groups is 2. The van der Waals surface area contributed by atoms with Gasteiger partial charge in [0, 0.05) is 0 Å². The van der Waals surface area contributed by atoms with E-state index < -0.39 is 12.1 Å². The highest BCUT2D eigenvalue weighted by Crippen LogP contribution is 2.31. The van der Waals surface area contributed by atoms with Crippen molar-refractivity contribution < 1.29 is 19.0 Å². The van der Waals surface area contributed by atoms with E-state index in [1.165, 1.54) is 29.8 Å². The normalized spacial score (nSPS) is 12.7. The molecule has 0 saturated heterocycles. The van der Waals surface area contributed by atoms with E-state index in [2.05, 4.69) is 27.2 Å². The standard InChI is InChI=1S/C19H20ClFN4O3/c1-4-6-14-13(9-8-11(2)21)12(3)16-17(22-18(20)24-25(14)16)23-19(26,27)15-7-5-10-28-15/h5,7,10-11,26-27H,8-9H2,1-3H3,(H,22,23,24). The lowest BCUT2D eigenvalue weighted by Crippen LogP contribution is -2.35. The Kier molecular flexibility index (Phi) is 5.61. The number of nitrogens with one attached hydrogen (secondary N) is 1. The Morgan fingerprint density at radius 3 is 2.82 bits per heavy atom. The van der Waals surface area contributed by atoms with Gasteiger partial charge >= 0.3 is 5.91 Å². The van der Waals surface area contributed by atoms with Crippen molar-refractivity contribution in [3.05, 3.63) is 46.3 Å². The van der Waals surface area contributed by atoms with Crippen LogP contribution in [0.2, 0.25) is 5.28 Å². The van der Waals surface area contributed by atoms with Crippen molar-refractivity contribution >= 4 is 22.9 Å². The number of rotatable bonds is 6. The number of fused-ring (bicyclic) bond motifs is 1. The van der Waals surface area contributed by atoms with E-state index in [1.54, 1.807) is 6.92 Å². The summed E-state index contributed by atoms with van der Waals surface area (Å²) in [6.45, 7) is 5.00. The zero-order valence-electron chi connectivity index (χ0n) is 15.6. The number of hydrogen-bond donors (Lipinski definition) is 3. The zero-order chi connectivity index (χ0) is 20.5. The van der Waals surface area contributed by atoms with Crippen LogP contribution in [0.4, 0.5) is 10.2 Å². The van der Waals surface area contributed by atoms with Crippen LogP contribution in [0.3, 0.4) is 0 Å². The van der Waals surface area contributed by atoms with Crippen molar-refractivity contribution in [2.75, 3.05) is 5.32 Å². The monoisotopic (exact) mass is 406 g/mol. The molecule has 7 nitrogen and oxygen atoms in total. The first-order valence-corrected chi connectivity index (χ1v) is 9.03. The minimum Gasteiger partial charge on any atom is -0.461 e. The van der Waals surface area contributed by atoms with Gasteiger partial charge in [-0.15, -0.1) is 5.10 Å². The minimum atomic E-state index is -2.53. The van der Waals surface area contributed by atoms with Gasteiger partial charge in [0.05, 0.1) is 12.4 Å². The molecule has 148 valence electrons. The van der Waals surface area contributed by atoms with E-state index in [9.17, 15) is 14.6 Å². The van der Waals surface area contributed by atoms with Gasteiger partial charge in [-0.3, -0.25) is 0 Å². The fourth-order valence-electron chi connectivity index (χ4n) is 3.03. The maximum Gasteiger partial charge on any atom is 0.308 e. The van der Waals surface area contributed by atoms with Crippen LogP contribution in [0.15, 0.2) is 22.8 Å². The molecule has 0 aliphatic rings. The van der Waals surface area contributed by atoms with Crippen molar-refractivity contribution in [3.63, 3.8) is 0 Å². The molecule has 1 unspecified atom stereocenters. The number of aromatic nitrogens is 3. The predicted octanol–water partition coefficient (Wildman–Crippen LogP) is 3.15. The Bertz CT molecular complexity index is 1050. The summed E-state index contributed by atoms with van der Waals surface area (Å²) in [4.78, 5) is 4.11. The number of aryl methyl sites for hydroxylation is 1. The molecule has 0 spiro atoms. The molecule has 3 aromatic rings. The molecule has 3 heterocycles. The molecule has 0 amide bonds. The highest BCUT2D eigenvalue weighted by atomic mass is 35.5. The van der Waals surface area contributed by atoms with Crippen LogP contribution in [0.5, 0.6) is 0 Å². The van der Waals surface area contributed by atoms with Gasteiger partial charge in [0.1, 0.15) is 11.2 Å². The first kappa shape index (κ1) is 20.1. The fraction of sp³-hybridized carbons (Fsp3) is 0.368. The molecular weight excluding hydrogens is 387 g/mol. The zero-order valence-corrected chi connectivity index (χ0v) is 16.4. The number of hydrogen-bond acceptors (Lipinski definition) is 6. The lowest BCUT2D eigenvalue weighted by atomic mass is 10.0. The molecule has 0 aromatic carbocycles. The van der Waals surface area contributed by atoms with Crippen molar-refractivity contribution in [2.45, 2.75) is 45.7 Å². The van der Waals surface area contributed by atoms with Crippen LogP contribution in [0.25, 0.3) is 5.52 Å². The Hall–Kier alpha value is -2.60. The molecule has 0 radical (unpaired) electrons. The first-order valence-electron chi connectivity index (χ1n) is 8.66. The number of alkyl halides is 1. The third-order valence-corrected chi connectivity index (χ3v) is 4.48. The van der Waals surface area contributed by atoms with Gasteiger partial charge in [0.15, 0.2) is 11.6 Å². The molecule has 0 fully saturated rings. The average Bonchev–Trinajstić information content (AvgIpc) is 3.22. The van der Waals surface area contributed by atoms with Crippen LogP contribution in [0, 0.1) is 18.8 Å². The Labute approximate surface area is 166 Å². The number of halogens is 2. The molecule has 1 atom stereocenters. The van der Waals surface area contributed by atoms with Crippen molar-refractivity contribution in [1.29, 1.82) is 0 Å². The van der Waals surface area contributed by atoms with Gasteiger partial charge in [-0.2, -0.15) is 4.98 Å². The van der Waals surface area contributed by atoms with E-state index in [0.717, 1.165) is 11.1 Å². The quantitative estimate of drug-likeness (QED) is 0.430. The summed E-state index contributed by atoms with van der Waals surface area (Å²) in [5.74, 6) is 3.24. The molecule has 3 N–H and O–H groups in total. The second kappa shape index (κ2) is 7.80. The second-order valence-corrected chi connectivity index (χ2v) is 6.75. The highest BCUT2D eigenvalue weighted by Gasteiger charge is 2.32. The van der Waals surface area contributed by atoms with E-state index >= 15 is 0 Å². The van der Waals surface area contributed by atoms with E-state index in [-0.39, 0.29) is 16.9 Å². The van der Waals surface area contributed by atoms with Crippen molar-refractivity contribution in [1.82, 2.24) is 14.6 Å². The van der Waals surface area contributed by atoms with Gasteiger partial charge in [-0.25, -0.2) is 8.91 Å². The topological polar surface area (TPSA) is 95.8 Å². The van der Waals surface area contributed by atoms with Crippen molar-refractivity contribution in [2.24, 2.45) is 0 Å². The Morgan fingerprint density at radius 2 is 2.21 bits per heavy atom. The highest BCUT2D eigenvalue weighted by molar-refractivity contribution is 6.28. The molecule has 0 aliphatic heterocycles. The molecule has 28 heavy (non-hydrogen) atoms. The summed E-state index contributed by atoms with van der Waals surface area (Å²) in [5, 5.41) is 27.4. The lowest BCUT2D eigenvalue weighted by Gasteiger charge is -2.21. The molecule has 9 heteroatoms. The lowest BCUT2D eigenvalue weighted by molar-refractivity contribution is -0.157. The average molecular weight is 407 g/mol. The summed E-state index contributed by atoms with van der Waals surface area (Å²) < 4.78 is 20.0. The van der Waals surface area contributed by atoms with Gasteiger partial charge in [0.25, 0.3) is 0 Å². The van der Waals surface area contributed by atoms with Gasteiger partial charge in [0.2, 0.25) is 5.28 Å². The summed E-state index contributed by atoms with van der Waals surface area (Å²) in [7, 11) is 0. The van der Waals surface area contributed by atoms with Crippen LogP contribution in [0.1, 0.15) is 42.8 Å². The third-order valence-electron chi connectivity index (χ3n) is 4.32. The minimum absolute atomic E-state index is 0.0811. The second-order valence-electron chi connectivity index (χ2n) is 6.41. The van der Waals surface area contributed by atoms with E-state index in [4.69, 9.17) is 16.0 Å². The van der Waals surface area contributed by atoms with E-state index in [1.807, 2.05) is 6.92 Å². The van der Waals surface area contributed by atoms with Gasteiger partial charge in [-0.05, 0) is 74.4 Å².